The van der Waals surface area contributed by atoms with Crippen LogP contribution < -0.4 is 11.1 Å². The molecular formula is C17H20N2O2. The average molecular weight is 284 g/mol. The number of primary amides is 1. The summed E-state index contributed by atoms with van der Waals surface area (Å²) in [5.41, 5.74) is 7.27. The lowest BCUT2D eigenvalue weighted by Crippen LogP contribution is -2.18. The maximum atomic E-state index is 11.1. The molecule has 0 saturated carbocycles. The Labute approximate surface area is 125 Å². The predicted octanol–water partition coefficient (Wildman–Crippen LogP) is 2.59. The van der Waals surface area contributed by atoms with Gasteiger partial charge in [-0.1, -0.05) is 36.0 Å². The number of amides is 2. The second-order valence-corrected chi connectivity index (χ2v) is 4.50. The molecule has 0 fully saturated rings. The average Bonchev–Trinajstić information content (AvgIpc) is 2.75. The fourth-order valence-corrected chi connectivity index (χ4v) is 1.62. The molecular weight excluding hydrogens is 264 g/mol. The number of hydrogen-bond donors (Lipinski definition) is 2. The zero-order valence-electron chi connectivity index (χ0n) is 12.3. The van der Waals surface area contributed by atoms with E-state index in [2.05, 4.69) is 42.6 Å². The minimum Gasteiger partial charge on any atom is -0.366 e. The minimum atomic E-state index is -0.497. The zero-order chi connectivity index (χ0) is 15.7. The summed E-state index contributed by atoms with van der Waals surface area (Å²) in [6.45, 7) is 2.10. The Kier molecular flexibility index (Phi) is 6.68. The third-order valence-electron chi connectivity index (χ3n) is 2.81. The summed E-state index contributed by atoms with van der Waals surface area (Å²) >= 11 is 0. The Hall–Kier alpha value is -2.62. The van der Waals surface area contributed by atoms with Crippen LogP contribution in [0.2, 0.25) is 0 Å². The fourth-order valence-electron chi connectivity index (χ4n) is 1.62. The van der Waals surface area contributed by atoms with Crippen LogP contribution in [0.5, 0.6) is 0 Å². The van der Waals surface area contributed by atoms with Crippen LogP contribution in [0, 0.1) is 0 Å². The minimum absolute atomic E-state index is 0.184. The number of carbonyl (C=O) groups excluding carboxylic acids is 2. The maximum absolute atomic E-state index is 11.1. The van der Waals surface area contributed by atoms with Gasteiger partial charge in [0, 0.05) is 18.2 Å². The molecule has 4 nitrogen and oxygen atoms in total. The summed E-state index contributed by atoms with van der Waals surface area (Å²) < 4.78 is 0. The second kappa shape index (κ2) is 8.53. The van der Waals surface area contributed by atoms with E-state index >= 15 is 0 Å². The molecule has 0 bridgehead atoms. The van der Waals surface area contributed by atoms with Gasteiger partial charge >= 0.3 is 0 Å². The molecule has 3 N–H and O–H groups in total. The van der Waals surface area contributed by atoms with Gasteiger partial charge in [-0.3, -0.25) is 9.59 Å². The molecule has 0 radical (unpaired) electrons. The van der Waals surface area contributed by atoms with Crippen LogP contribution in [0.4, 0.5) is 0 Å². The highest BCUT2D eigenvalue weighted by Crippen LogP contribution is 2.03. The number of nitrogens with one attached hydrogen (secondary N) is 1. The van der Waals surface area contributed by atoms with E-state index in [0.717, 1.165) is 6.42 Å². The largest absolute Gasteiger partial charge is 0.366 e. The lowest BCUT2D eigenvalue weighted by Gasteiger charge is -1.99. The molecule has 4 heteroatoms. The first-order valence-corrected chi connectivity index (χ1v) is 6.66. The van der Waals surface area contributed by atoms with Crippen molar-refractivity contribution >= 4 is 11.8 Å². The van der Waals surface area contributed by atoms with Gasteiger partial charge in [0.05, 0.1) is 0 Å². The number of allylic oxidation sites excluding steroid dienone is 6. The monoisotopic (exact) mass is 284 g/mol. The number of benzene rings is 1. The topological polar surface area (TPSA) is 72.2 Å². The van der Waals surface area contributed by atoms with Gasteiger partial charge in [-0.15, -0.1) is 0 Å². The normalized spacial score (nSPS) is 12.6. The van der Waals surface area contributed by atoms with Gasteiger partial charge in [-0.25, -0.2) is 0 Å². The third kappa shape index (κ3) is 5.91. The first kappa shape index (κ1) is 16.4. The van der Waals surface area contributed by atoms with E-state index in [9.17, 15) is 9.59 Å². The molecule has 1 aliphatic carbocycles. The van der Waals surface area contributed by atoms with Crippen LogP contribution in [-0.2, 0) is 0 Å². The summed E-state index contributed by atoms with van der Waals surface area (Å²) in [5, 5.41) is 2.47. The highest BCUT2D eigenvalue weighted by Gasteiger charge is 2.03. The van der Waals surface area contributed by atoms with Crippen LogP contribution >= 0.6 is 0 Å². The number of carbonyl (C=O) groups is 2. The Morgan fingerprint density at radius 3 is 2.29 bits per heavy atom. The molecule has 0 heterocycles. The lowest BCUT2D eigenvalue weighted by molar-refractivity contribution is 0.0959. The van der Waals surface area contributed by atoms with E-state index in [1.165, 1.54) is 17.7 Å². The van der Waals surface area contributed by atoms with Gasteiger partial charge in [0.1, 0.15) is 0 Å². The number of nitrogens with two attached hydrogens (primary N) is 1. The Bertz CT molecular complexity index is 581. The van der Waals surface area contributed by atoms with Gasteiger partial charge in [-0.2, -0.15) is 0 Å². The lowest BCUT2D eigenvalue weighted by atomic mass is 10.1. The van der Waals surface area contributed by atoms with Crippen LogP contribution in [0.15, 0.2) is 60.2 Å². The summed E-state index contributed by atoms with van der Waals surface area (Å²) in [7, 11) is 1.55. The van der Waals surface area contributed by atoms with Gasteiger partial charge in [0.15, 0.2) is 0 Å². The van der Waals surface area contributed by atoms with Crippen molar-refractivity contribution in [2.45, 2.75) is 13.3 Å². The van der Waals surface area contributed by atoms with Crippen molar-refractivity contribution in [3.8, 4) is 0 Å². The van der Waals surface area contributed by atoms with E-state index in [1.807, 2.05) is 0 Å². The van der Waals surface area contributed by atoms with Crippen molar-refractivity contribution < 1.29 is 9.59 Å². The second-order valence-electron chi connectivity index (χ2n) is 4.50. The Morgan fingerprint density at radius 2 is 1.71 bits per heavy atom. The van der Waals surface area contributed by atoms with Crippen molar-refractivity contribution in [2.24, 2.45) is 5.73 Å². The molecule has 0 atom stereocenters. The summed E-state index contributed by atoms with van der Waals surface area (Å²) in [4.78, 5) is 21.7. The maximum Gasteiger partial charge on any atom is 0.251 e. The summed E-state index contributed by atoms with van der Waals surface area (Å²) in [6.07, 6.45) is 11.7. The molecule has 0 saturated heterocycles. The van der Waals surface area contributed by atoms with Crippen molar-refractivity contribution in [3.63, 3.8) is 0 Å². The zero-order valence-corrected chi connectivity index (χ0v) is 12.3. The molecule has 1 aliphatic rings. The van der Waals surface area contributed by atoms with E-state index in [0.29, 0.717) is 11.1 Å². The molecule has 110 valence electrons. The molecule has 21 heavy (non-hydrogen) atoms. The predicted molar refractivity (Wildman–Crippen MR) is 85.0 cm³/mol. The molecule has 1 aromatic rings. The first-order valence-electron chi connectivity index (χ1n) is 6.66. The SMILES string of the molecule is CC1=CC=CCC=C1.CNC(=O)c1ccc(C(N)=O)cc1. The molecule has 2 rings (SSSR count). The van der Waals surface area contributed by atoms with Crippen molar-refractivity contribution in [1.29, 1.82) is 0 Å². The van der Waals surface area contributed by atoms with Crippen molar-refractivity contribution in [2.75, 3.05) is 7.05 Å². The molecule has 2 amide bonds. The van der Waals surface area contributed by atoms with E-state index < -0.39 is 5.91 Å². The van der Waals surface area contributed by atoms with Crippen LogP contribution in [-0.4, -0.2) is 18.9 Å². The van der Waals surface area contributed by atoms with Crippen molar-refractivity contribution in [1.82, 2.24) is 5.32 Å². The molecule has 0 spiro atoms. The van der Waals surface area contributed by atoms with Crippen LogP contribution in [0.25, 0.3) is 0 Å². The summed E-state index contributed by atoms with van der Waals surface area (Å²) in [5.74, 6) is -0.681. The number of hydrogen-bond acceptors (Lipinski definition) is 2. The smallest absolute Gasteiger partial charge is 0.251 e. The van der Waals surface area contributed by atoms with Crippen LogP contribution in [0.3, 0.4) is 0 Å². The van der Waals surface area contributed by atoms with E-state index in [4.69, 9.17) is 5.73 Å². The summed E-state index contributed by atoms with van der Waals surface area (Å²) in [6, 6.07) is 6.15. The molecule has 0 aromatic heterocycles. The third-order valence-corrected chi connectivity index (χ3v) is 2.81. The molecule has 0 aliphatic heterocycles. The van der Waals surface area contributed by atoms with Gasteiger partial charge in [0.25, 0.3) is 5.91 Å². The molecule has 1 aromatic carbocycles. The van der Waals surface area contributed by atoms with Gasteiger partial charge in [-0.05, 0) is 37.6 Å². The Morgan fingerprint density at radius 1 is 1.10 bits per heavy atom. The van der Waals surface area contributed by atoms with E-state index in [1.54, 1.807) is 19.2 Å². The van der Waals surface area contributed by atoms with E-state index in [-0.39, 0.29) is 5.91 Å². The highest BCUT2D eigenvalue weighted by molar-refractivity contribution is 5.97. The van der Waals surface area contributed by atoms with Gasteiger partial charge < -0.3 is 11.1 Å². The standard InChI is InChI=1S/C9H10N2O2.C8H10/c1-11-9(13)7-4-2-6(3-5-7)8(10)12;1-8-6-4-2-3-5-7-8/h2-5H,1H3,(H2,10,12)(H,11,13);2,4-7H,3H2,1H3. The number of rotatable bonds is 2. The van der Waals surface area contributed by atoms with Gasteiger partial charge in [0.2, 0.25) is 5.91 Å². The van der Waals surface area contributed by atoms with Crippen molar-refractivity contribution in [3.05, 3.63) is 71.3 Å². The Balaban J connectivity index is 0.000000235. The van der Waals surface area contributed by atoms with Crippen LogP contribution in [0.1, 0.15) is 34.1 Å². The highest BCUT2D eigenvalue weighted by atomic mass is 16.1. The quantitative estimate of drug-likeness (QED) is 0.876. The fraction of sp³-hybridized carbons (Fsp3) is 0.176. The first-order chi connectivity index (χ1) is 10.0. The molecule has 0 unspecified atom stereocenters.